The molecule has 1 atom stereocenters. The molecule has 0 fully saturated rings. The van der Waals surface area contributed by atoms with Gasteiger partial charge in [0.15, 0.2) is 0 Å². The first kappa shape index (κ1) is 20.3. The molecule has 24 heavy (non-hydrogen) atoms. The zero-order valence-corrected chi connectivity index (χ0v) is 15.9. The summed E-state index contributed by atoms with van der Waals surface area (Å²) in [5.41, 5.74) is 0.729. The maximum Gasteiger partial charge on any atom is 0.410 e. The Morgan fingerprint density at radius 2 is 1.88 bits per heavy atom. The fraction of sp³-hybridized carbons (Fsp3) is 0.632. The molecule has 0 aliphatic heterocycles. The van der Waals surface area contributed by atoms with Gasteiger partial charge in [-0.05, 0) is 51.8 Å². The lowest BCUT2D eigenvalue weighted by atomic mass is 10.1. The molecule has 0 spiro atoms. The van der Waals surface area contributed by atoms with Crippen LogP contribution in [0.25, 0.3) is 0 Å². The normalized spacial score (nSPS) is 12.6. The first-order valence-corrected chi connectivity index (χ1v) is 8.63. The Bertz CT molecular complexity index is 494. The molecule has 5 nitrogen and oxygen atoms in total. The number of carbonyl (C=O) groups excluding carboxylic acids is 1. The third-order valence-electron chi connectivity index (χ3n) is 3.46. The van der Waals surface area contributed by atoms with Gasteiger partial charge < -0.3 is 19.7 Å². The Kier molecular flexibility index (Phi) is 8.05. The number of benzene rings is 1. The Hall–Kier alpha value is -1.75. The highest BCUT2D eigenvalue weighted by Crippen LogP contribution is 2.17. The van der Waals surface area contributed by atoms with Crippen LogP contribution < -0.4 is 10.1 Å². The molecule has 0 aromatic heterocycles. The monoisotopic (exact) mass is 336 g/mol. The van der Waals surface area contributed by atoms with Crippen LogP contribution in [0, 0.1) is 0 Å². The second-order valence-electron chi connectivity index (χ2n) is 7.00. The molecular formula is C19H32N2O3. The number of nitrogens with zero attached hydrogens (tertiary/aromatic N) is 1. The van der Waals surface area contributed by atoms with Gasteiger partial charge in [0.2, 0.25) is 0 Å². The molecule has 5 heteroatoms. The van der Waals surface area contributed by atoms with Gasteiger partial charge in [-0.25, -0.2) is 4.79 Å². The summed E-state index contributed by atoms with van der Waals surface area (Å²) in [6.45, 7) is 11.8. The van der Waals surface area contributed by atoms with Gasteiger partial charge in [-0.15, -0.1) is 0 Å². The number of likely N-dealkylation sites (N-methyl/N-ethyl adjacent to an activating group) is 1. The molecule has 0 heterocycles. The highest BCUT2D eigenvalue weighted by Gasteiger charge is 2.19. The maximum atomic E-state index is 11.9. The minimum absolute atomic E-state index is 0.206. The fourth-order valence-electron chi connectivity index (χ4n) is 2.07. The van der Waals surface area contributed by atoms with Crippen molar-refractivity contribution in [2.75, 3.05) is 26.7 Å². The van der Waals surface area contributed by atoms with Crippen LogP contribution in [0.2, 0.25) is 0 Å². The average Bonchev–Trinajstić information content (AvgIpc) is 2.51. The highest BCUT2D eigenvalue weighted by molar-refractivity contribution is 5.67. The first-order valence-electron chi connectivity index (χ1n) is 8.63. The van der Waals surface area contributed by atoms with Crippen LogP contribution in [0.4, 0.5) is 4.79 Å². The predicted molar refractivity (Wildman–Crippen MR) is 97.5 cm³/mol. The van der Waals surface area contributed by atoms with Crippen LogP contribution in [0.1, 0.15) is 52.6 Å². The zero-order valence-electron chi connectivity index (χ0n) is 15.9. The van der Waals surface area contributed by atoms with Gasteiger partial charge in [0.25, 0.3) is 0 Å². The number of carbonyl (C=O) groups is 1. The summed E-state index contributed by atoms with van der Waals surface area (Å²) >= 11 is 0. The summed E-state index contributed by atoms with van der Waals surface area (Å²) in [6.07, 6.45) is 0.708. The van der Waals surface area contributed by atoms with Crippen molar-refractivity contribution in [2.45, 2.75) is 52.7 Å². The van der Waals surface area contributed by atoms with Crippen molar-refractivity contribution in [3.63, 3.8) is 0 Å². The van der Waals surface area contributed by atoms with Crippen molar-refractivity contribution in [1.82, 2.24) is 10.2 Å². The topological polar surface area (TPSA) is 50.8 Å². The van der Waals surface area contributed by atoms with Crippen LogP contribution in [0.15, 0.2) is 24.3 Å². The summed E-state index contributed by atoms with van der Waals surface area (Å²) < 4.78 is 10.9. The van der Waals surface area contributed by atoms with E-state index in [0.717, 1.165) is 18.8 Å². The van der Waals surface area contributed by atoms with E-state index >= 15 is 0 Å². The molecule has 1 aromatic carbocycles. The van der Waals surface area contributed by atoms with Gasteiger partial charge in [0.05, 0.1) is 6.61 Å². The van der Waals surface area contributed by atoms with Gasteiger partial charge in [-0.3, -0.25) is 0 Å². The summed E-state index contributed by atoms with van der Waals surface area (Å²) in [7, 11) is 1.75. The van der Waals surface area contributed by atoms with Gasteiger partial charge in [-0.2, -0.15) is 0 Å². The van der Waals surface area contributed by atoms with E-state index in [-0.39, 0.29) is 12.1 Å². The van der Waals surface area contributed by atoms with E-state index < -0.39 is 5.60 Å². The lowest BCUT2D eigenvalue weighted by Gasteiger charge is -2.25. The Morgan fingerprint density at radius 1 is 1.25 bits per heavy atom. The van der Waals surface area contributed by atoms with Crippen LogP contribution in [0.5, 0.6) is 5.75 Å². The number of nitrogens with one attached hydrogen (secondary N) is 1. The number of rotatable bonds is 8. The molecule has 0 radical (unpaired) electrons. The van der Waals surface area contributed by atoms with E-state index in [1.54, 1.807) is 11.9 Å². The molecule has 1 N–H and O–H groups in total. The largest absolute Gasteiger partial charge is 0.494 e. The molecule has 1 aromatic rings. The maximum absolute atomic E-state index is 11.9. The molecule has 0 aliphatic carbocycles. The van der Waals surface area contributed by atoms with Crippen LogP contribution >= 0.6 is 0 Å². The van der Waals surface area contributed by atoms with Gasteiger partial charge in [0, 0.05) is 26.2 Å². The second-order valence-corrected chi connectivity index (χ2v) is 7.00. The quantitative estimate of drug-likeness (QED) is 0.780. The van der Waals surface area contributed by atoms with Gasteiger partial charge >= 0.3 is 6.09 Å². The first-order chi connectivity index (χ1) is 11.2. The summed E-state index contributed by atoms with van der Waals surface area (Å²) in [6, 6.07) is 8.34. The lowest BCUT2D eigenvalue weighted by molar-refractivity contribution is 0.0299. The summed E-state index contributed by atoms with van der Waals surface area (Å²) in [5, 5.41) is 3.42. The van der Waals surface area contributed by atoms with Crippen molar-refractivity contribution in [3.05, 3.63) is 29.8 Å². The fourth-order valence-corrected chi connectivity index (χ4v) is 2.07. The number of ether oxygens (including phenoxy) is 2. The SMILES string of the molecule is CCCOc1ccc(C(C)NCCN(C)C(=O)OC(C)(C)C)cc1. The minimum atomic E-state index is -0.465. The second kappa shape index (κ2) is 9.52. The van der Waals surface area contributed by atoms with Gasteiger partial charge in [-0.1, -0.05) is 19.1 Å². The third kappa shape index (κ3) is 7.68. The number of hydrogen-bond acceptors (Lipinski definition) is 4. The lowest BCUT2D eigenvalue weighted by Crippen LogP contribution is -2.38. The summed E-state index contributed by atoms with van der Waals surface area (Å²) in [4.78, 5) is 13.5. The van der Waals surface area contributed by atoms with Crippen LogP contribution in [0.3, 0.4) is 0 Å². The van der Waals surface area contributed by atoms with Crippen molar-refractivity contribution < 1.29 is 14.3 Å². The Labute approximate surface area is 146 Å². The van der Waals surface area contributed by atoms with Crippen molar-refractivity contribution in [2.24, 2.45) is 0 Å². The zero-order chi connectivity index (χ0) is 18.2. The van der Waals surface area contributed by atoms with Crippen molar-refractivity contribution in [3.8, 4) is 5.75 Å². The highest BCUT2D eigenvalue weighted by atomic mass is 16.6. The molecular weight excluding hydrogens is 304 g/mol. The van der Waals surface area contributed by atoms with E-state index in [0.29, 0.717) is 13.1 Å². The van der Waals surface area contributed by atoms with E-state index in [4.69, 9.17) is 9.47 Å². The smallest absolute Gasteiger partial charge is 0.410 e. The molecule has 1 amide bonds. The third-order valence-corrected chi connectivity index (χ3v) is 3.46. The molecule has 0 aliphatic rings. The molecule has 1 rings (SSSR count). The minimum Gasteiger partial charge on any atom is -0.494 e. The molecule has 0 bridgehead atoms. The molecule has 0 saturated heterocycles. The van der Waals surface area contributed by atoms with Crippen LogP contribution in [-0.2, 0) is 4.74 Å². The van der Waals surface area contributed by atoms with Crippen molar-refractivity contribution >= 4 is 6.09 Å². The predicted octanol–water partition coefficient (Wildman–Crippen LogP) is 3.99. The van der Waals surface area contributed by atoms with Crippen LogP contribution in [-0.4, -0.2) is 43.3 Å². The van der Waals surface area contributed by atoms with Gasteiger partial charge in [0.1, 0.15) is 11.4 Å². The van der Waals surface area contributed by atoms with E-state index in [9.17, 15) is 4.79 Å². The van der Waals surface area contributed by atoms with E-state index in [1.165, 1.54) is 5.56 Å². The van der Waals surface area contributed by atoms with Crippen molar-refractivity contribution in [1.29, 1.82) is 0 Å². The Morgan fingerprint density at radius 3 is 2.42 bits per heavy atom. The van der Waals surface area contributed by atoms with E-state index in [1.807, 2.05) is 32.9 Å². The Balaban J connectivity index is 2.37. The summed E-state index contributed by atoms with van der Waals surface area (Å²) in [5.74, 6) is 0.900. The number of hydrogen-bond donors (Lipinski definition) is 1. The molecule has 0 saturated carbocycles. The standard InChI is InChI=1S/C19H32N2O3/c1-7-14-23-17-10-8-16(9-11-17)15(2)20-12-13-21(6)18(22)24-19(3,4)5/h8-11,15,20H,7,12-14H2,1-6H3. The molecule has 136 valence electrons. The number of amides is 1. The van der Waals surface area contributed by atoms with E-state index in [2.05, 4.69) is 31.3 Å². The molecule has 1 unspecified atom stereocenters. The average molecular weight is 336 g/mol.